The standard InChI is InChI=1S/C23H27BrN2O4/c1-23(2,3)20(27)19-18-17(21(28)25(22(18)29)10-5-11-30-4)16-8-6-13-12-14(24)7-9-15(13)26(16)19/h6-9,12,16-19H,5,10-11H2,1-4H3/t16-,17-,18-,19+/m0/s1. The normalized spacial score (nSPS) is 27.4. The lowest BCUT2D eigenvalue weighted by Gasteiger charge is -2.38. The summed E-state index contributed by atoms with van der Waals surface area (Å²) in [7, 11) is 1.60. The number of ether oxygens (including phenoxy) is 1. The van der Waals surface area contributed by atoms with E-state index in [4.69, 9.17) is 4.74 Å². The first-order valence-corrected chi connectivity index (χ1v) is 11.1. The molecule has 0 N–H and O–H groups in total. The van der Waals surface area contributed by atoms with Crippen LogP contribution in [-0.4, -0.2) is 54.8 Å². The van der Waals surface area contributed by atoms with Gasteiger partial charge in [-0.2, -0.15) is 0 Å². The number of amides is 2. The van der Waals surface area contributed by atoms with E-state index in [2.05, 4.69) is 15.9 Å². The molecule has 0 unspecified atom stereocenters. The van der Waals surface area contributed by atoms with E-state index < -0.39 is 23.3 Å². The zero-order valence-corrected chi connectivity index (χ0v) is 19.3. The predicted molar refractivity (Wildman–Crippen MR) is 118 cm³/mol. The minimum Gasteiger partial charge on any atom is -0.385 e. The van der Waals surface area contributed by atoms with Crippen molar-refractivity contribution in [2.45, 2.75) is 39.3 Å². The molecule has 3 aliphatic heterocycles. The monoisotopic (exact) mass is 474 g/mol. The fourth-order valence-corrected chi connectivity index (χ4v) is 5.32. The van der Waals surface area contributed by atoms with Gasteiger partial charge in [0.05, 0.1) is 17.9 Å². The Morgan fingerprint density at radius 2 is 1.87 bits per heavy atom. The Kier molecular flexibility index (Phi) is 5.39. The van der Waals surface area contributed by atoms with Crippen LogP contribution in [0.2, 0.25) is 0 Å². The molecule has 2 amide bonds. The van der Waals surface area contributed by atoms with Crippen LogP contribution in [0.1, 0.15) is 32.8 Å². The fourth-order valence-electron chi connectivity index (χ4n) is 4.94. The number of nitrogens with zero attached hydrogens (tertiary/aromatic N) is 2. The van der Waals surface area contributed by atoms with Crippen molar-refractivity contribution < 1.29 is 19.1 Å². The van der Waals surface area contributed by atoms with Crippen LogP contribution in [0.3, 0.4) is 0 Å². The topological polar surface area (TPSA) is 66.9 Å². The molecule has 7 heteroatoms. The van der Waals surface area contributed by atoms with Crippen molar-refractivity contribution in [2.24, 2.45) is 17.3 Å². The Morgan fingerprint density at radius 1 is 1.17 bits per heavy atom. The van der Waals surface area contributed by atoms with Gasteiger partial charge in [0, 0.05) is 35.8 Å². The molecule has 4 atom stereocenters. The summed E-state index contributed by atoms with van der Waals surface area (Å²) in [5.41, 5.74) is 1.24. The van der Waals surface area contributed by atoms with Crippen LogP contribution in [0.25, 0.3) is 6.08 Å². The summed E-state index contributed by atoms with van der Waals surface area (Å²) in [5, 5.41) is 0. The highest BCUT2D eigenvalue weighted by Crippen LogP contribution is 2.50. The highest BCUT2D eigenvalue weighted by Gasteiger charge is 2.64. The number of likely N-dealkylation sites (tertiary alicyclic amines) is 1. The first-order chi connectivity index (χ1) is 14.2. The summed E-state index contributed by atoms with van der Waals surface area (Å²) in [6, 6.07) is 4.93. The summed E-state index contributed by atoms with van der Waals surface area (Å²) in [4.78, 5) is 43.7. The number of hydrogen-bond acceptors (Lipinski definition) is 5. The van der Waals surface area contributed by atoms with E-state index in [1.54, 1.807) is 7.11 Å². The molecule has 3 heterocycles. The molecular formula is C23H27BrN2O4. The van der Waals surface area contributed by atoms with Crippen LogP contribution < -0.4 is 4.90 Å². The SMILES string of the molecule is COCCCN1C(=O)[C@@H]2[C@H](C1=O)[C@H](C(=O)C(C)(C)C)N1c3ccc(Br)cc3C=C[C@@H]21. The van der Waals surface area contributed by atoms with Crippen molar-refractivity contribution in [1.29, 1.82) is 0 Å². The van der Waals surface area contributed by atoms with Gasteiger partial charge >= 0.3 is 0 Å². The van der Waals surface area contributed by atoms with Gasteiger partial charge in [0.15, 0.2) is 5.78 Å². The molecule has 2 saturated heterocycles. The Morgan fingerprint density at radius 3 is 2.53 bits per heavy atom. The van der Waals surface area contributed by atoms with E-state index in [9.17, 15) is 14.4 Å². The lowest BCUT2D eigenvalue weighted by molar-refractivity contribution is -0.142. The Balaban J connectivity index is 1.78. The maximum absolute atomic E-state index is 13.6. The molecule has 2 fully saturated rings. The van der Waals surface area contributed by atoms with Crippen LogP contribution >= 0.6 is 15.9 Å². The summed E-state index contributed by atoms with van der Waals surface area (Å²) >= 11 is 3.50. The molecule has 0 aliphatic carbocycles. The summed E-state index contributed by atoms with van der Waals surface area (Å²) in [5.74, 6) is -1.61. The minimum atomic E-state index is -0.659. The van der Waals surface area contributed by atoms with E-state index in [1.807, 2.05) is 56.0 Å². The fraction of sp³-hybridized carbons (Fsp3) is 0.522. The lowest BCUT2D eigenvalue weighted by Crippen LogP contribution is -2.51. The molecule has 0 saturated carbocycles. The average Bonchev–Trinajstić information content (AvgIpc) is 3.15. The van der Waals surface area contributed by atoms with Crippen LogP contribution in [0.4, 0.5) is 5.69 Å². The van der Waals surface area contributed by atoms with Gasteiger partial charge in [-0.15, -0.1) is 0 Å². The average molecular weight is 475 g/mol. The van der Waals surface area contributed by atoms with Crippen molar-refractivity contribution in [2.75, 3.05) is 25.2 Å². The Labute approximate surface area is 185 Å². The van der Waals surface area contributed by atoms with Crippen molar-refractivity contribution in [3.8, 4) is 0 Å². The molecule has 3 aliphatic rings. The third-order valence-corrected chi connectivity index (χ3v) is 6.79. The number of benzene rings is 1. The van der Waals surface area contributed by atoms with Crippen LogP contribution in [0.5, 0.6) is 0 Å². The van der Waals surface area contributed by atoms with E-state index in [1.165, 1.54) is 4.90 Å². The van der Waals surface area contributed by atoms with Gasteiger partial charge in [-0.3, -0.25) is 19.3 Å². The maximum atomic E-state index is 13.6. The van der Waals surface area contributed by atoms with Crippen molar-refractivity contribution in [3.05, 3.63) is 34.3 Å². The smallest absolute Gasteiger partial charge is 0.235 e. The second kappa shape index (κ2) is 7.61. The van der Waals surface area contributed by atoms with Gasteiger partial charge in [0.2, 0.25) is 11.8 Å². The van der Waals surface area contributed by atoms with Crippen LogP contribution in [0.15, 0.2) is 28.7 Å². The Hall–Kier alpha value is -1.99. The molecular weight excluding hydrogens is 448 g/mol. The zero-order chi connectivity index (χ0) is 21.8. The van der Waals surface area contributed by atoms with Gasteiger partial charge < -0.3 is 9.64 Å². The number of methoxy groups -OCH3 is 1. The maximum Gasteiger partial charge on any atom is 0.235 e. The molecule has 0 radical (unpaired) electrons. The van der Waals surface area contributed by atoms with Crippen molar-refractivity contribution >= 4 is 45.3 Å². The molecule has 0 bridgehead atoms. The van der Waals surface area contributed by atoms with Crippen LogP contribution in [0, 0.1) is 17.3 Å². The number of carbonyl (C=O) groups is 3. The molecule has 30 heavy (non-hydrogen) atoms. The molecule has 0 spiro atoms. The Bertz CT molecular complexity index is 936. The van der Waals surface area contributed by atoms with Crippen molar-refractivity contribution in [1.82, 2.24) is 4.90 Å². The second-order valence-corrected chi connectivity index (χ2v) is 10.2. The van der Waals surface area contributed by atoms with E-state index >= 15 is 0 Å². The van der Waals surface area contributed by atoms with Gasteiger partial charge in [-0.25, -0.2) is 0 Å². The minimum absolute atomic E-state index is 0.0101. The second-order valence-electron chi connectivity index (χ2n) is 9.25. The summed E-state index contributed by atoms with van der Waals surface area (Å²) in [6.07, 6.45) is 4.56. The third kappa shape index (κ3) is 3.23. The van der Waals surface area contributed by atoms with E-state index in [0.29, 0.717) is 19.6 Å². The zero-order valence-electron chi connectivity index (χ0n) is 17.7. The molecule has 6 nitrogen and oxygen atoms in total. The molecule has 1 aromatic rings. The first kappa shape index (κ1) is 21.2. The number of fused-ring (bicyclic) bond motifs is 5. The van der Waals surface area contributed by atoms with E-state index in [0.717, 1.165) is 15.7 Å². The largest absolute Gasteiger partial charge is 0.385 e. The number of hydrogen-bond donors (Lipinski definition) is 0. The first-order valence-electron chi connectivity index (χ1n) is 10.3. The molecule has 160 valence electrons. The highest BCUT2D eigenvalue weighted by molar-refractivity contribution is 9.10. The van der Waals surface area contributed by atoms with Gasteiger partial charge in [-0.1, -0.05) is 48.9 Å². The molecule has 1 aromatic carbocycles. The number of imide groups is 1. The number of carbonyl (C=O) groups excluding carboxylic acids is 3. The lowest BCUT2D eigenvalue weighted by atomic mass is 9.79. The number of halogens is 1. The third-order valence-electron chi connectivity index (χ3n) is 6.30. The van der Waals surface area contributed by atoms with Crippen LogP contribution in [-0.2, 0) is 19.1 Å². The predicted octanol–water partition coefficient (Wildman–Crippen LogP) is 3.29. The quantitative estimate of drug-likeness (QED) is 0.483. The number of anilines is 1. The highest BCUT2D eigenvalue weighted by atomic mass is 79.9. The van der Waals surface area contributed by atoms with E-state index in [-0.39, 0.29) is 23.6 Å². The van der Waals surface area contributed by atoms with Gasteiger partial charge in [0.25, 0.3) is 0 Å². The molecule has 4 rings (SSSR count). The summed E-state index contributed by atoms with van der Waals surface area (Å²) < 4.78 is 6.02. The number of rotatable bonds is 5. The van der Waals surface area contributed by atoms with Gasteiger partial charge in [-0.05, 0) is 30.2 Å². The number of ketones is 1. The summed E-state index contributed by atoms with van der Waals surface area (Å²) in [6.45, 7) is 6.43. The molecule has 0 aromatic heterocycles. The van der Waals surface area contributed by atoms with Crippen molar-refractivity contribution in [3.63, 3.8) is 0 Å². The van der Waals surface area contributed by atoms with Gasteiger partial charge in [0.1, 0.15) is 6.04 Å². The number of Topliss-reactive ketones (excluding diaryl/α,β-unsaturated/α-hetero) is 1.